The normalized spacial score (nSPS) is 10.7. The molecule has 0 fully saturated rings. The van der Waals surface area contributed by atoms with Crippen LogP contribution < -0.4 is 11.1 Å². The van der Waals surface area contributed by atoms with Crippen LogP contribution in [0.4, 0.5) is 0 Å². The number of rotatable bonds is 9. The summed E-state index contributed by atoms with van der Waals surface area (Å²) in [6.07, 6.45) is 4.69. The van der Waals surface area contributed by atoms with Crippen LogP contribution >= 0.6 is 0 Å². The minimum absolute atomic E-state index is 0.172. The van der Waals surface area contributed by atoms with Gasteiger partial charge in [0, 0.05) is 13.0 Å². The Morgan fingerprint density at radius 2 is 1.93 bits per heavy atom. The van der Waals surface area contributed by atoms with Crippen LogP contribution in [0, 0.1) is 0 Å². The van der Waals surface area contributed by atoms with Crippen molar-refractivity contribution in [2.45, 2.75) is 32.1 Å². The Balaban J connectivity index is 3.19. The van der Waals surface area contributed by atoms with E-state index in [2.05, 4.69) is 10.2 Å². The number of amides is 1. The summed E-state index contributed by atoms with van der Waals surface area (Å²) in [5.74, 6) is 0.172. The van der Waals surface area contributed by atoms with Gasteiger partial charge in [-0.3, -0.25) is 4.79 Å². The number of nitrogens with one attached hydrogen (secondary N) is 1. The first-order chi connectivity index (χ1) is 7.16. The highest BCUT2D eigenvalue weighted by atomic mass is 16.1. The quantitative estimate of drug-likeness (QED) is 0.553. The van der Waals surface area contributed by atoms with E-state index in [1.807, 2.05) is 14.1 Å². The average molecular weight is 215 g/mol. The molecule has 90 valence electrons. The largest absolute Gasteiger partial charge is 0.356 e. The van der Waals surface area contributed by atoms with Crippen LogP contribution in [0.15, 0.2) is 0 Å². The maximum absolute atomic E-state index is 11.3. The van der Waals surface area contributed by atoms with Gasteiger partial charge in [-0.25, -0.2) is 0 Å². The molecule has 0 atom stereocenters. The summed E-state index contributed by atoms with van der Waals surface area (Å²) >= 11 is 0. The molecule has 0 unspecified atom stereocenters. The second-order valence-electron chi connectivity index (χ2n) is 4.11. The first kappa shape index (κ1) is 14.4. The molecule has 0 aliphatic carbocycles. The van der Waals surface area contributed by atoms with E-state index in [1.54, 1.807) is 0 Å². The van der Waals surface area contributed by atoms with Gasteiger partial charge in [-0.1, -0.05) is 6.42 Å². The van der Waals surface area contributed by atoms with Gasteiger partial charge in [0.1, 0.15) is 0 Å². The second kappa shape index (κ2) is 9.93. The van der Waals surface area contributed by atoms with Crippen molar-refractivity contribution in [3.63, 3.8) is 0 Å². The molecule has 0 bridgehead atoms. The van der Waals surface area contributed by atoms with Crippen molar-refractivity contribution >= 4 is 5.91 Å². The van der Waals surface area contributed by atoms with Gasteiger partial charge < -0.3 is 16.0 Å². The van der Waals surface area contributed by atoms with Crippen molar-refractivity contribution < 1.29 is 4.79 Å². The molecule has 0 radical (unpaired) electrons. The molecular formula is C11H25N3O. The standard InChI is InChI=1S/C11H25N3O/c1-14(2)10-6-9-13-11(15)7-4-3-5-8-12/h3-10,12H2,1-2H3,(H,13,15). The van der Waals surface area contributed by atoms with Gasteiger partial charge in [-0.05, 0) is 46.4 Å². The van der Waals surface area contributed by atoms with Gasteiger partial charge in [0.2, 0.25) is 5.91 Å². The monoisotopic (exact) mass is 215 g/mol. The highest BCUT2D eigenvalue weighted by molar-refractivity contribution is 5.75. The zero-order valence-corrected chi connectivity index (χ0v) is 10.1. The summed E-state index contributed by atoms with van der Waals surface area (Å²) in [7, 11) is 4.07. The molecule has 0 heterocycles. The molecule has 0 aromatic carbocycles. The van der Waals surface area contributed by atoms with Crippen LogP contribution in [0.2, 0.25) is 0 Å². The highest BCUT2D eigenvalue weighted by Gasteiger charge is 1.99. The molecular weight excluding hydrogens is 190 g/mol. The SMILES string of the molecule is CN(C)CCCNC(=O)CCCCCN. The molecule has 0 aromatic rings. The summed E-state index contributed by atoms with van der Waals surface area (Å²) in [6.45, 7) is 2.53. The summed E-state index contributed by atoms with van der Waals surface area (Å²) < 4.78 is 0. The van der Waals surface area contributed by atoms with Crippen molar-refractivity contribution in [3.05, 3.63) is 0 Å². The predicted octanol–water partition coefficient (Wildman–Crippen LogP) is 0.573. The number of nitrogens with zero attached hydrogens (tertiary/aromatic N) is 1. The lowest BCUT2D eigenvalue weighted by molar-refractivity contribution is -0.121. The highest BCUT2D eigenvalue weighted by Crippen LogP contribution is 1.98. The molecule has 0 saturated carbocycles. The lowest BCUT2D eigenvalue weighted by atomic mass is 10.2. The van der Waals surface area contributed by atoms with Gasteiger partial charge in [0.25, 0.3) is 0 Å². The van der Waals surface area contributed by atoms with Crippen molar-refractivity contribution in [2.24, 2.45) is 5.73 Å². The number of carbonyl (C=O) groups excluding carboxylic acids is 1. The molecule has 0 saturated heterocycles. The maximum atomic E-state index is 11.3. The molecule has 0 rings (SSSR count). The number of hydrogen-bond donors (Lipinski definition) is 2. The van der Waals surface area contributed by atoms with Crippen molar-refractivity contribution in [2.75, 3.05) is 33.7 Å². The summed E-state index contributed by atoms with van der Waals surface area (Å²) in [5.41, 5.74) is 5.37. The van der Waals surface area contributed by atoms with Gasteiger partial charge >= 0.3 is 0 Å². The van der Waals surface area contributed by atoms with Crippen LogP contribution in [0.1, 0.15) is 32.1 Å². The fraction of sp³-hybridized carbons (Fsp3) is 0.909. The van der Waals surface area contributed by atoms with Gasteiger partial charge in [0.15, 0.2) is 0 Å². The van der Waals surface area contributed by atoms with E-state index in [9.17, 15) is 4.79 Å². The maximum Gasteiger partial charge on any atom is 0.219 e. The van der Waals surface area contributed by atoms with Crippen molar-refractivity contribution in [1.29, 1.82) is 0 Å². The van der Waals surface area contributed by atoms with E-state index in [-0.39, 0.29) is 5.91 Å². The van der Waals surface area contributed by atoms with E-state index in [1.165, 1.54) is 0 Å². The van der Waals surface area contributed by atoms with Gasteiger partial charge in [0.05, 0.1) is 0 Å². The number of hydrogen-bond acceptors (Lipinski definition) is 3. The molecule has 0 aromatic heterocycles. The van der Waals surface area contributed by atoms with Gasteiger partial charge in [-0.2, -0.15) is 0 Å². The fourth-order valence-electron chi connectivity index (χ4n) is 1.32. The minimum atomic E-state index is 0.172. The third kappa shape index (κ3) is 11.3. The third-order valence-corrected chi connectivity index (χ3v) is 2.21. The van der Waals surface area contributed by atoms with Crippen LogP contribution in [0.25, 0.3) is 0 Å². The number of unbranched alkanes of at least 4 members (excludes halogenated alkanes) is 2. The Morgan fingerprint density at radius 3 is 2.53 bits per heavy atom. The lowest BCUT2D eigenvalue weighted by Crippen LogP contribution is -2.26. The zero-order chi connectivity index (χ0) is 11.5. The first-order valence-electron chi connectivity index (χ1n) is 5.78. The lowest BCUT2D eigenvalue weighted by Gasteiger charge is -2.09. The topological polar surface area (TPSA) is 58.4 Å². The third-order valence-electron chi connectivity index (χ3n) is 2.21. The summed E-state index contributed by atoms with van der Waals surface area (Å²) in [6, 6.07) is 0. The number of nitrogens with two attached hydrogens (primary N) is 1. The van der Waals surface area contributed by atoms with E-state index in [0.717, 1.165) is 45.3 Å². The van der Waals surface area contributed by atoms with E-state index in [0.29, 0.717) is 6.42 Å². The number of carbonyl (C=O) groups is 1. The van der Waals surface area contributed by atoms with Crippen LogP contribution in [-0.4, -0.2) is 44.5 Å². The molecule has 0 aliphatic heterocycles. The van der Waals surface area contributed by atoms with Crippen molar-refractivity contribution in [3.8, 4) is 0 Å². The van der Waals surface area contributed by atoms with Crippen LogP contribution in [0.5, 0.6) is 0 Å². The van der Waals surface area contributed by atoms with Gasteiger partial charge in [-0.15, -0.1) is 0 Å². The van der Waals surface area contributed by atoms with Crippen LogP contribution in [-0.2, 0) is 4.79 Å². The minimum Gasteiger partial charge on any atom is -0.356 e. The second-order valence-corrected chi connectivity index (χ2v) is 4.11. The Kier molecular flexibility index (Phi) is 9.52. The molecule has 1 amide bonds. The molecule has 0 spiro atoms. The Hall–Kier alpha value is -0.610. The Morgan fingerprint density at radius 1 is 1.20 bits per heavy atom. The van der Waals surface area contributed by atoms with E-state index >= 15 is 0 Å². The molecule has 15 heavy (non-hydrogen) atoms. The zero-order valence-electron chi connectivity index (χ0n) is 10.1. The fourth-order valence-corrected chi connectivity index (χ4v) is 1.32. The van der Waals surface area contributed by atoms with E-state index < -0.39 is 0 Å². The molecule has 0 aliphatic rings. The molecule has 3 N–H and O–H groups in total. The first-order valence-corrected chi connectivity index (χ1v) is 5.78. The van der Waals surface area contributed by atoms with Crippen LogP contribution in [0.3, 0.4) is 0 Å². The summed E-state index contributed by atoms with van der Waals surface area (Å²) in [5, 5.41) is 2.92. The average Bonchev–Trinajstić information content (AvgIpc) is 2.19. The molecule has 4 nitrogen and oxygen atoms in total. The Labute approximate surface area is 93.2 Å². The predicted molar refractivity (Wildman–Crippen MR) is 63.7 cm³/mol. The smallest absolute Gasteiger partial charge is 0.219 e. The van der Waals surface area contributed by atoms with Crippen molar-refractivity contribution in [1.82, 2.24) is 10.2 Å². The molecule has 4 heteroatoms. The Bertz CT molecular complexity index is 160. The van der Waals surface area contributed by atoms with E-state index in [4.69, 9.17) is 5.73 Å². The summed E-state index contributed by atoms with van der Waals surface area (Å²) in [4.78, 5) is 13.4.